The lowest BCUT2D eigenvalue weighted by atomic mass is 9.96. The molecule has 1 aliphatic heterocycles. The Morgan fingerprint density at radius 2 is 1.81 bits per heavy atom. The number of benzene rings is 2. The molecule has 0 amide bonds. The van der Waals surface area contributed by atoms with Crippen LogP contribution in [0.25, 0.3) is 0 Å². The first-order valence-electron chi connectivity index (χ1n) is 10.9. The highest BCUT2D eigenvalue weighted by molar-refractivity contribution is 6.31. The van der Waals surface area contributed by atoms with E-state index in [1.54, 1.807) is 6.20 Å². The predicted octanol–water partition coefficient (Wildman–Crippen LogP) is 5.28. The molecule has 3 aromatic rings. The number of hydrogen-bond acceptors (Lipinski definition) is 5. The molecule has 6 heteroatoms. The third-order valence-electron chi connectivity index (χ3n) is 6.01. The number of nitrogens with zero attached hydrogens (tertiary/aromatic N) is 4. The molecule has 1 fully saturated rings. The lowest BCUT2D eigenvalue weighted by molar-refractivity contribution is 0.313. The molecule has 1 aliphatic rings. The molecule has 0 saturated carbocycles. The van der Waals surface area contributed by atoms with Crippen LogP contribution in [0.4, 0.5) is 17.3 Å². The number of nitrogens with one attached hydrogen (secondary N) is 1. The summed E-state index contributed by atoms with van der Waals surface area (Å²) >= 11 is 6.42. The van der Waals surface area contributed by atoms with Crippen molar-refractivity contribution in [1.29, 1.82) is 0 Å². The lowest BCUT2D eigenvalue weighted by Gasteiger charge is -2.34. The van der Waals surface area contributed by atoms with E-state index in [9.17, 15) is 0 Å². The van der Waals surface area contributed by atoms with Crippen LogP contribution in [0.1, 0.15) is 29.7 Å². The largest absolute Gasteiger partial charge is 0.369 e. The summed E-state index contributed by atoms with van der Waals surface area (Å²) in [7, 11) is 2.18. The van der Waals surface area contributed by atoms with Crippen molar-refractivity contribution in [3.63, 3.8) is 0 Å². The van der Waals surface area contributed by atoms with Crippen LogP contribution < -0.4 is 10.2 Å². The second-order valence-corrected chi connectivity index (χ2v) is 8.83. The predicted molar refractivity (Wildman–Crippen MR) is 130 cm³/mol. The van der Waals surface area contributed by atoms with E-state index in [-0.39, 0.29) is 0 Å². The van der Waals surface area contributed by atoms with Crippen LogP contribution in [0.15, 0.2) is 54.7 Å². The Balaban J connectivity index is 1.47. The summed E-state index contributed by atoms with van der Waals surface area (Å²) in [5, 5.41) is 3.99. The SMILES string of the molecule is Cc1cc(N2CCN(C)CC2)ccc1Nc1ncc(Cl)c(C[C@@H](C)c2ccccc2)n1. The van der Waals surface area contributed by atoms with E-state index < -0.39 is 0 Å². The number of aromatic nitrogens is 2. The van der Waals surface area contributed by atoms with Crippen molar-refractivity contribution in [3.8, 4) is 0 Å². The molecule has 1 aromatic heterocycles. The minimum atomic E-state index is 0.325. The van der Waals surface area contributed by atoms with Crippen LogP contribution in [0.2, 0.25) is 5.02 Å². The molecule has 0 spiro atoms. The highest BCUT2D eigenvalue weighted by atomic mass is 35.5. The zero-order valence-electron chi connectivity index (χ0n) is 18.5. The normalized spacial score (nSPS) is 15.7. The average molecular weight is 436 g/mol. The van der Waals surface area contributed by atoms with E-state index in [2.05, 4.69) is 83.5 Å². The molecule has 31 heavy (non-hydrogen) atoms. The van der Waals surface area contributed by atoms with Gasteiger partial charge in [-0.25, -0.2) is 9.97 Å². The van der Waals surface area contributed by atoms with Crippen LogP contribution in [0.5, 0.6) is 0 Å². The zero-order valence-corrected chi connectivity index (χ0v) is 19.2. The highest BCUT2D eigenvalue weighted by Gasteiger charge is 2.16. The average Bonchev–Trinajstić information content (AvgIpc) is 2.78. The second-order valence-electron chi connectivity index (χ2n) is 8.42. The molecular formula is C25H30ClN5. The fraction of sp³-hybridized carbons (Fsp3) is 0.360. The van der Waals surface area contributed by atoms with Gasteiger partial charge in [-0.3, -0.25) is 0 Å². The number of halogens is 1. The maximum absolute atomic E-state index is 6.42. The maximum atomic E-state index is 6.42. The van der Waals surface area contributed by atoms with E-state index in [1.165, 1.54) is 16.8 Å². The van der Waals surface area contributed by atoms with Crippen molar-refractivity contribution in [2.75, 3.05) is 43.4 Å². The number of aryl methyl sites for hydroxylation is 1. The van der Waals surface area contributed by atoms with Crippen molar-refractivity contribution < 1.29 is 0 Å². The van der Waals surface area contributed by atoms with Crippen LogP contribution in [-0.2, 0) is 6.42 Å². The third-order valence-corrected chi connectivity index (χ3v) is 6.33. The Bertz CT molecular complexity index is 1020. The van der Waals surface area contributed by atoms with Crippen molar-refractivity contribution in [1.82, 2.24) is 14.9 Å². The molecule has 1 atom stereocenters. The molecular weight excluding hydrogens is 406 g/mol. The molecule has 5 nitrogen and oxygen atoms in total. The standard InChI is InChI=1S/C25H30ClN5/c1-18(20-7-5-4-6-8-20)16-24-22(26)17-27-25(29-24)28-23-10-9-21(15-19(23)2)31-13-11-30(3)12-14-31/h4-10,15,17-18H,11-14,16H2,1-3H3,(H,27,28,29)/t18-/m1/s1. The van der Waals surface area contributed by atoms with Crippen LogP contribution in [0.3, 0.4) is 0 Å². The van der Waals surface area contributed by atoms with E-state index in [0.717, 1.165) is 44.0 Å². The highest BCUT2D eigenvalue weighted by Crippen LogP contribution is 2.27. The van der Waals surface area contributed by atoms with Gasteiger partial charge < -0.3 is 15.1 Å². The number of anilines is 3. The fourth-order valence-electron chi connectivity index (χ4n) is 3.97. The third kappa shape index (κ3) is 5.35. The fourth-order valence-corrected chi connectivity index (χ4v) is 4.13. The number of hydrogen-bond donors (Lipinski definition) is 1. The number of likely N-dealkylation sites (N-methyl/N-ethyl adjacent to an activating group) is 1. The number of piperazine rings is 1. The Hall–Kier alpha value is -2.63. The summed E-state index contributed by atoms with van der Waals surface area (Å²) in [4.78, 5) is 13.9. The van der Waals surface area contributed by atoms with Crippen molar-refractivity contribution >= 4 is 28.9 Å². The first kappa shape index (κ1) is 21.6. The van der Waals surface area contributed by atoms with Gasteiger partial charge in [-0.15, -0.1) is 0 Å². The Morgan fingerprint density at radius 3 is 2.52 bits per heavy atom. The van der Waals surface area contributed by atoms with Crippen LogP contribution in [-0.4, -0.2) is 48.1 Å². The summed E-state index contributed by atoms with van der Waals surface area (Å²) in [6.45, 7) is 8.64. The van der Waals surface area contributed by atoms with Crippen molar-refractivity contribution in [3.05, 3.63) is 76.6 Å². The summed E-state index contributed by atoms with van der Waals surface area (Å²) in [6.07, 6.45) is 2.46. The van der Waals surface area contributed by atoms with Gasteiger partial charge in [-0.1, -0.05) is 48.9 Å². The first-order chi connectivity index (χ1) is 15.0. The topological polar surface area (TPSA) is 44.3 Å². The molecule has 162 valence electrons. The van der Waals surface area contributed by atoms with Gasteiger partial charge in [0.1, 0.15) is 0 Å². The monoisotopic (exact) mass is 435 g/mol. The Kier molecular flexibility index (Phi) is 6.73. The van der Waals surface area contributed by atoms with Crippen molar-refractivity contribution in [2.45, 2.75) is 26.2 Å². The van der Waals surface area contributed by atoms with E-state index >= 15 is 0 Å². The van der Waals surface area contributed by atoms with E-state index in [4.69, 9.17) is 16.6 Å². The van der Waals surface area contributed by atoms with Gasteiger partial charge in [-0.2, -0.15) is 0 Å². The van der Waals surface area contributed by atoms with Crippen molar-refractivity contribution in [2.24, 2.45) is 0 Å². The van der Waals surface area contributed by atoms with Gasteiger partial charge in [0.05, 0.1) is 16.9 Å². The summed E-state index contributed by atoms with van der Waals surface area (Å²) in [5.74, 6) is 0.904. The van der Waals surface area contributed by atoms with Gasteiger partial charge in [0.2, 0.25) is 5.95 Å². The Labute approximate surface area is 190 Å². The molecule has 2 heterocycles. The molecule has 0 aliphatic carbocycles. The van der Waals surface area contributed by atoms with E-state index in [1.807, 2.05) is 6.07 Å². The van der Waals surface area contributed by atoms with Crippen LogP contribution in [0, 0.1) is 6.92 Å². The van der Waals surface area contributed by atoms with Gasteiger partial charge in [0.25, 0.3) is 0 Å². The molecule has 1 saturated heterocycles. The quantitative estimate of drug-likeness (QED) is 0.570. The van der Waals surface area contributed by atoms with Gasteiger partial charge in [-0.05, 0) is 55.6 Å². The summed E-state index contributed by atoms with van der Waals surface area (Å²) in [6, 6.07) is 17.0. The smallest absolute Gasteiger partial charge is 0.227 e. The lowest BCUT2D eigenvalue weighted by Crippen LogP contribution is -2.44. The van der Waals surface area contributed by atoms with Gasteiger partial charge >= 0.3 is 0 Å². The minimum Gasteiger partial charge on any atom is -0.369 e. The summed E-state index contributed by atoms with van der Waals surface area (Å²) in [5.41, 5.74) is 5.60. The summed E-state index contributed by atoms with van der Waals surface area (Å²) < 4.78 is 0. The van der Waals surface area contributed by atoms with Gasteiger partial charge in [0, 0.05) is 37.6 Å². The number of rotatable bonds is 6. The first-order valence-corrected chi connectivity index (χ1v) is 11.2. The van der Waals surface area contributed by atoms with Crippen LogP contribution >= 0.6 is 11.6 Å². The molecule has 2 aromatic carbocycles. The molecule has 0 radical (unpaired) electrons. The Morgan fingerprint density at radius 1 is 1.06 bits per heavy atom. The van der Waals surface area contributed by atoms with E-state index in [0.29, 0.717) is 16.9 Å². The minimum absolute atomic E-state index is 0.325. The molecule has 4 rings (SSSR count). The zero-order chi connectivity index (χ0) is 21.8. The maximum Gasteiger partial charge on any atom is 0.227 e. The molecule has 0 bridgehead atoms. The molecule has 1 N–H and O–H groups in total. The second kappa shape index (κ2) is 9.67. The van der Waals surface area contributed by atoms with Gasteiger partial charge in [0.15, 0.2) is 0 Å². The molecule has 0 unspecified atom stereocenters.